The number of anilines is 1. The van der Waals surface area contributed by atoms with Crippen molar-refractivity contribution in [3.05, 3.63) is 52.5 Å². The number of hydrogen-bond acceptors (Lipinski definition) is 5. The van der Waals surface area contributed by atoms with Crippen molar-refractivity contribution in [2.75, 3.05) is 18.4 Å². The number of sulfonamides is 1. The normalized spacial score (nSPS) is 17.9. The van der Waals surface area contributed by atoms with Gasteiger partial charge in [-0.1, -0.05) is 29.0 Å². The Morgan fingerprint density at radius 1 is 1.23 bits per heavy atom. The number of piperidine rings is 1. The minimum absolute atomic E-state index is 0.153. The fourth-order valence-electron chi connectivity index (χ4n) is 3.77. The quantitative estimate of drug-likeness (QED) is 0.612. The van der Waals surface area contributed by atoms with E-state index in [2.05, 4.69) is 16.4 Å². The number of carbonyl (C=O) groups excluding carboxylic acids is 1. The molecule has 1 N–H and O–H groups in total. The first kappa shape index (κ1) is 21.2. The first-order valence-electron chi connectivity index (χ1n) is 9.68. The molecule has 1 unspecified atom stereocenters. The van der Waals surface area contributed by atoms with E-state index in [0.29, 0.717) is 29.5 Å². The maximum Gasteiger partial charge on any atom is 0.243 e. The number of hydrogen-bond donors (Lipinski definition) is 1. The molecule has 1 aliphatic rings. The van der Waals surface area contributed by atoms with Crippen molar-refractivity contribution in [1.82, 2.24) is 9.29 Å². The van der Waals surface area contributed by atoms with E-state index in [0.717, 1.165) is 21.3 Å². The average Bonchev–Trinajstić information content (AvgIpc) is 3.11. The van der Waals surface area contributed by atoms with E-state index >= 15 is 0 Å². The molecule has 0 aliphatic carbocycles. The Labute approximate surface area is 184 Å². The maximum atomic E-state index is 13.0. The SMILES string of the molecule is Cc1cc(C)c2sc(NC(=O)C3CCCN(S(=O)(=O)c4ccc(Cl)cc4)C3)nc2c1. The van der Waals surface area contributed by atoms with E-state index in [-0.39, 0.29) is 17.3 Å². The summed E-state index contributed by atoms with van der Waals surface area (Å²) in [7, 11) is -3.67. The van der Waals surface area contributed by atoms with Crippen molar-refractivity contribution >= 4 is 54.2 Å². The molecule has 1 aliphatic heterocycles. The van der Waals surface area contributed by atoms with Gasteiger partial charge in [0, 0.05) is 18.1 Å². The standard InChI is InChI=1S/C21H22ClN3O3S2/c1-13-10-14(2)19-18(11-13)23-21(29-19)24-20(26)15-4-3-9-25(12-15)30(27,28)17-7-5-16(22)6-8-17/h5-8,10-11,15H,3-4,9,12H2,1-2H3,(H,23,24,26). The lowest BCUT2D eigenvalue weighted by Crippen LogP contribution is -2.43. The number of benzene rings is 2. The summed E-state index contributed by atoms with van der Waals surface area (Å²) in [6.07, 6.45) is 1.27. The van der Waals surface area contributed by atoms with Gasteiger partial charge < -0.3 is 5.32 Å². The number of amides is 1. The van der Waals surface area contributed by atoms with E-state index in [1.807, 2.05) is 19.9 Å². The van der Waals surface area contributed by atoms with Crippen LogP contribution in [0.3, 0.4) is 0 Å². The molecule has 4 rings (SSSR count). The topological polar surface area (TPSA) is 79.4 Å². The minimum Gasteiger partial charge on any atom is -0.302 e. The van der Waals surface area contributed by atoms with E-state index in [1.165, 1.54) is 27.8 Å². The van der Waals surface area contributed by atoms with Crippen molar-refractivity contribution in [3.8, 4) is 0 Å². The summed E-state index contributed by atoms with van der Waals surface area (Å²) in [5.74, 6) is -0.616. The predicted molar refractivity (Wildman–Crippen MR) is 121 cm³/mol. The molecule has 0 radical (unpaired) electrons. The average molecular weight is 464 g/mol. The molecule has 1 amide bonds. The van der Waals surface area contributed by atoms with Crippen LogP contribution in [0.25, 0.3) is 10.2 Å². The van der Waals surface area contributed by atoms with Gasteiger partial charge in [0.15, 0.2) is 5.13 Å². The number of thiazole rings is 1. The van der Waals surface area contributed by atoms with Gasteiger partial charge >= 0.3 is 0 Å². The molecule has 1 fully saturated rings. The van der Waals surface area contributed by atoms with E-state index in [1.54, 1.807) is 12.1 Å². The first-order valence-corrected chi connectivity index (χ1v) is 12.3. The van der Waals surface area contributed by atoms with Crippen LogP contribution in [0.1, 0.15) is 24.0 Å². The summed E-state index contributed by atoms with van der Waals surface area (Å²) in [6.45, 7) is 4.59. The second-order valence-electron chi connectivity index (χ2n) is 7.59. The fraction of sp³-hybridized carbons (Fsp3) is 0.333. The van der Waals surface area contributed by atoms with Crippen LogP contribution in [0.15, 0.2) is 41.3 Å². The zero-order valence-electron chi connectivity index (χ0n) is 16.7. The van der Waals surface area contributed by atoms with Gasteiger partial charge in [-0.25, -0.2) is 13.4 Å². The second kappa shape index (κ2) is 8.26. The molecule has 9 heteroatoms. The molecule has 1 aromatic heterocycles. The van der Waals surface area contributed by atoms with Crippen LogP contribution in [0.4, 0.5) is 5.13 Å². The number of nitrogens with zero attached hydrogens (tertiary/aromatic N) is 2. The monoisotopic (exact) mass is 463 g/mol. The van der Waals surface area contributed by atoms with Gasteiger partial charge in [0.25, 0.3) is 0 Å². The van der Waals surface area contributed by atoms with Crippen molar-refractivity contribution in [1.29, 1.82) is 0 Å². The van der Waals surface area contributed by atoms with Gasteiger partial charge in [-0.15, -0.1) is 0 Å². The number of halogens is 1. The van der Waals surface area contributed by atoms with Gasteiger partial charge in [-0.2, -0.15) is 4.31 Å². The van der Waals surface area contributed by atoms with E-state index in [4.69, 9.17) is 11.6 Å². The molecule has 30 heavy (non-hydrogen) atoms. The summed E-state index contributed by atoms with van der Waals surface area (Å²) in [6, 6.07) is 10.2. The largest absolute Gasteiger partial charge is 0.302 e. The molecule has 0 bridgehead atoms. The summed E-state index contributed by atoms with van der Waals surface area (Å²) < 4.78 is 28.3. The Balaban J connectivity index is 1.50. The number of rotatable bonds is 4. The van der Waals surface area contributed by atoms with Crippen LogP contribution >= 0.6 is 22.9 Å². The summed E-state index contributed by atoms with van der Waals surface area (Å²) in [5, 5.41) is 3.92. The molecule has 0 saturated carbocycles. The molecule has 1 atom stereocenters. The van der Waals surface area contributed by atoms with E-state index in [9.17, 15) is 13.2 Å². The Morgan fingerprint density at radius 2 is 1.97 bits per heavy atom. The van der Waals surface area contributed by atoms with Crippen molar-refractivity contribution < 1.29 is 13.2 Å². The van der Waals surface area contributed by atoms with Crippen LogP contribution < -0.4 is 5.32 Å². The van der Waals surface area contributed by atoms with Crippen LogP contribution in [0, 0.1) is 19.8 Å². The van der Waals surface area contributed by atoms with Gasteiger partial charge in [0.2, 0.25) is 15.9 Å². The molecule has 158 valence electrons. The predicted octanol–water partition coefficient (Wildman–Crippen LogP) is 4.61. The molecule has 2 heterocycles. The number of carbonyl (C=O) groups is 1. The van der Waals surface area contributed by atoms with Crippen molar-refractivity contribution in [3.63, 3.8) is 0 Å². The number of aryl methyl sites for hydroxylation is 2. The third-order valence-corrected chi connectivity index (χ3v) is 8.51. The molecule has 1 saturated heterocycles. The summed E-state index contributed by atoms with van der Waals surface area (Å²) in [5.41, 5.74) is 3.11. The van der Waals surface area contributed by atoms with Gasteiger partial charge in [-0.3, -0.25) is 4.79 Å². The van der Waals surface area contributed by atoms with Crippen LogP contribution in [0.5, 0.6) is 0 Å². The second-order valence-corrected chi connectivity index (χ2v) is 11.0. The smallest absolute Gasteiger partial charge is 0.243 e. The highest BCUT2D eigenvalue weighted by Crippen LogP contribution is 2.31. The highest BCUT2D eigenvalue weighted by atomic mass is 35.5. The lowest BCUT2D eigenvalue weighted by atomic mass is 9.99. The molecule has 0 spiro atoms. The Kier molecular flexibility index (Phi) is 5.85. The van der Waals surface area contributed by atoms with Gasteiger partial charge in [0.05, 0.1) is 21.0 Å². The molecule has 6 nitrogen and oxygen atoms in total. The minimum atomic E-state index is -3.67. The third-order valence-electron chi connectivity index (χ3n) is 5.26. The van der Waals surface area contributed by atoms with Gasteiger partial charge in [0.1, 0.15) is 0 Å². The summed E-state index contributed by atoms with van der Waals surface area (Å²) >= 11 is 7.31. The molecule has 3 aromatic rings. The highest BCUT2D eigenvalue weighted by Gasteiger charge is 2.33. The van der Waals surface area contributed by atoms with E-state index < -0.39 is 15.9 Å². The molecule has 2 aromatic carbocycles. The fourth-order valence-corrected chi connectivity index (χ4v) is 6.34. The Hall–Kier alpha value is -2.00. The van der Waals surface area contributed by atoms with Crippen LogP contribution in [-0.4, -0.2) is 36.7 Å². The zero-order chi connectivity index (χ0) is 21.5. The number of nitrogens with one attached hydrogen (secondary N) is 1. The zero-order valence-corrected chi connectivity index (χ0v) is 19.1. The molecular weight excluding hydrogens is 442 g/mol. The highest BCUT2D eigenvalue weighted by molar-refractivity contribution is 7.89. The molecular formula is C21H22ClN3O3S2. The lowest BCUT2D eigenvalue weighted by molar-refractivity contribution is -0.120. The lowest BCUT2D eigenvalue weighted by Gasteiger charge is -2.31. The van der Waals surface area contributed by atoms with Crippen LogP contribution in [-0.2, 0) is 14.8 Å². The maximum absolute atomic E-state index is 13.0. The van der Waals surface area contributed by atoms with Gasteiger partial charge in [-0.05, 0) is 68.1 Å². The van der Waals surface area contributed by atoms with Crippen molar-refractivity contribution in [2.45, 2.75) is 31.6 Å². The Bertz CT molecular complexity index is 1210. The number of aromatic nitrogens is 1. The third kappa shape index (κ3) is 4.23. The summed E-state index contributed by atoms with van der Waals surface area (Å²) in [4.78, 5) is 17.6. The Morgan fingerprint density at radius 3 is 2.70 bits per heavy atom. The van der Waals surface area contributed by atoms with Crippen LogP contribution in [0.2, 0.25) is 5.02 Å². The first-order chi connectivity index (χ1) is 14.2. The van der Waals surface area contributed by atoms with Crippen molar-refractivity contribution in [2.24, 2.45) is 5.92 Å². The number of fused-ring (bicyclic) bond motifs is 1.